The van der Waals surface area contributed by atoms with Gasteiger partial charge in [-0.05, 0) is 47.2 Å². The number of methoxy groups -OCH3 is 2. The maximum Gasteiger partial charge on any atom is 0.338 e. The van der Waals surface area contributed by atoms with Gasteiger partial charge < -0.3 is 9.47 Å². The zero-order valence-electron chi connectivity index (χ0n) is 20.2. The lowest BCUT2D eigenvalue weighted by molar-refractivity contribution is -0.136. The van der Waals surface area contributed by atoms with Crippen LogP contribution >= 0.6 is 11.3 Å². The summed E-state index contributed by atoms with van der Waals surface area (Å²) in [4.78, 5) is 31.5. The standard InChI is InChI=1S/C27H28N2O4S/c1-16-22(25(31)33-6)23(18-9-13-20(32-5)14-10-18)29-24(30)21(34-26(29)28-16)15-17-7-11-19(12-8-17)27(2,3)4/h7-15,23H,1-6H3/b21-15+/t23-/m1/s1. The predicted molar refractivity (Wildman–Crippen MR) is 134 cm³/mol. The van der Waals surface area contributed by atoms with Crippen molar-refractivity contribution in [3.05, 3.63) is 96.2 Å². The summed E-state index contributed by atoms with van der Waals surface area (Å²) >= 11 is 1.31. The van der Waals surface area contributed by atoms with Gasteiger partial charge >= 0.3 is 5.97 Å². The molecule has 0 saturated carbocycles. The molecule has 0 bridgehead atoms. The van der Waals surface area contributed by atoms with E-state index in [1.807, 2.05) is 42.5 Å². The first-order valence-electron chi connectivity index (χ1n) is 11.0. The monoisotopic (exact) mass is 476 g/mol. The summed E-state index contributed by atoms with van der Waals surface area (Å²) in [5.74, 6) is 0.185. The van der Waals surface area contributed by atoms with E-state index in [1.54, 1.807) is 18.6 Å². The van der Waals surface area contributed by atoms with Crippen LogP contribution < -0.4 is 19.6 Å². The van der Waals surface area contributed by atoms with E-state index in [-0.39, 0.29) is 11.0 Å². The fourth-order valence-corrected chi connectivity index (χ4v) is 5.07. The molecule has 0 amide bonds. The summed E-state index contributed by atoms with van der Waals surface area (Å²) < 4.78 is 12.5. The Hall–Kier alpha value is -3.45. The van der Waals surface area contributed by atoms with E-state index in [9.17, 15) is 9.59 Å². The SMILES string of the molecule is COC(=O)C1=C(C)N=c2s/c(=C/c3ccc(C(C)(C)C)cc3)c(=O)n2[C@@H]1c1ccc(OC)cc1. The van der Waals surface area contributed by atoms with E-state index in [0.29, 0.717) is 26.4 Å². The summed E-state index contributed by atoms with van der Waals surface area (Å²) in [5.41, 5.74) is 3.68. The molecule has 0 saturated heterocycles. The molecule has 3 aromatic rings. The first-order chi connectivity index (χ1) is 16.1. The van der Waals surface area contributed by atoms with E-state index < -0.39 is 12.0 Å². The molecule has 0 aliphatic carbocycles. The molecule has 2 aromatic carbocycles. The minimum absolute atomic E-state index is 0.0536. The van der Waals surface area contributed by atoms with Crippen LogP contribution in [0.1, 0.15) is 50.4 Å². The second-order valence-corrected chi connectivity index (χ2v) is 10.2. The zero-order valence-corrected chi connectivity index (χ0v) is 21.0. The Morgan fingerprint density at radius 3 is 2.26 bits per heavy atom. The largest absolute Gasteiger partial charge is 0.497 e. The van der Waals surface area contributed by atoms with Gasteiger partial charge in [0.1, 0.15) is 5.75 Å². The number of allylic oxidation sites excluding steroid dienone is 1. The van der Waals surface area contributed by atoms with Crippen LogP contribution in [-0.4, -0.2) is 24.8 Å². The van der Waals surface area contributed by atoms with Gasteiger partial charge in [0.05, 0.1) is 36.1 Å². The van der Waals surface area contributed by atoms with Gasteiger partial charge in [-0.25, -0.2) is 9.79 Å². The average molecular weight is 477 g/mol. The summed E-state index contributed by atoms with van der Waals surface area (Å²) in [7, 11) is 2.93. The first kappa shape index (κ1) is 23.7. The topological polar surface area (TPSA) is 69.9 Å². The van der Waals surface area contributed by atoms with E-state index in [0.717, 1.165) is 11.1 Å². The summed E-state index contributed by atoms with van der Waals surface area (Å²) in [5, 5.41) is 0. The van der Waals surface area contributed by atoms with E-state index >= 15 is 0 Å². The highest BCUT2D eigenvalue weighted by atomic mass is 32.1. The molecule has 6 nitrogen and oxygen atoms in total. The molecule has 34 heavy (non-hydrogen) atoms. The maximum atomic E-state index is 13.6. The average Bonchev–Trinajstić information content (AvgIpc) is 3.12. The first-order valence-corrected chi connectivity index (χ1v) is 11.8. The van der Waals surface area contributed by atoms with Crippen LogP contribution in [0, 0.1) is 0 Å². The number of benzene rings is 2. The fraction of sp³-hybridized carbons (Fsp3) is 0.296. The van der Waals surface area contributed by atoms with Gasteiger partial charge in [-0.15, -0.1) is 0 Å². The van der Waals surface area contributed by atoms with Crippen molar-refractivity contribution in [2.75, 3.05) is 14.2 Å². The number of carbonyl (C=O) groups excluding carboxylic acids is 1. The normalized spacial score (nSPS) is 16.2. The number of hydrogen-bond donors (Lipinski definition) is 0. The van der Waals surface area contributed by atoms with Gasteiger partial charge in [-0.2, -0.15) is 0 Å². The maximum absolute atomic E-state index is 13.6. The van der Waals surface area contributed by atoms with Crippen molar-refractivity contribution in [2.24, 2.45) is 4.99 Å². The van der Waals surface area contributed by atoms with Gasteiger partial charge in [0.2, 0.25) is 0 Å². The fourth-order valence-electron chi connectivity index (χ4n) is 4.02. The molecule has 0 N–H and O–H groups in total. The smallest absolute Gasteiger partial charge is 0.338 e. The summed E-state index contributed by atoms with van der Waals surface area (Å²) in [6.45, 7) is 8.27. The minimum atomic E-state index is -0.639. The van der Waals surface area contributed by atoms with Crippen LogP contribution in [0.5, 0.6) is 5.75 Å². The van der Waals surface area contributed by atoms with Crippen molar-refractivity contribution in [3.8, 4) is 5.75 Å². The van der Waals surface area contributed by atoms with E-state index in [1.165, 1.54) is 24.0 Å². The molecule has 0 radical (unpaired) electrons. The summed E-state index contributed by atoms with van der Waals surface area (Å²) in [6, 6.07) is 14.9. The van der Waals surface area contributed by atoms with E-state index in [4.69, 9.17) is 9.47 Å². The Labute approximate surface area is 202 Å². The highest BCUT2D eigenvalue weighted by molar-refractivity contribution is 7.07. The molecule has 0 spiro atoms. The van der Waals surface area contributed by atoms with Gasteiger partial charge in [-0.3, -0.25) is 9.36 Å². The number of esters is 1. The number of hydrogen-bond acceptors (Lipinski definition) is 6. The number of rotatable bonds is 4. The van der Waals surface area contributed by atoms with Gasteiger partial charge in [-0.1, -0.05) is 68.5 Å². The third kappa shape index (κ3) is 4.35. The number of carbonyl (C=O) groups is 1. The van der Waals surface area contributed by atoms with Crippen molar-refractivity contribution in [2.45, 2.75) is 39.2 Å². The Kier molecular flexibility index (Phi) is 6.32. The number of aromatic nitrogens is 1. The Balaban J connectivity index is 1.88. The number of thiazole rings is 1. The lowest BCUT2D eigenvalue weighted by Gasteiger charge is -2.24. The molecule has 2 heterocycles. The number of fused-ring (bicyclic) bond motifs is 1. The Bertz CT molecular complexity index is 1440. The second kappa shape index (κ2) is 9.06. The molecule has 1 aliphatic rings. The molecule has 176 valence electrons. The van der Waals surface area contributed by atoms with Crippen LogP contribution in [0.15, 0.2) is 69.6 Å². The van der Waals surface area contributed by atoms with Crippen molar-refractivity contribution in [1.82, 2.24) is 4.57 Å². The third-order valence-corrected chi connectivity index (χ3v) is 6.92. The highest BCUT2D eigenvalue weighted by Crippen LogP contribution is 2.31. The lowest BCUT2D eigenvalue weighted by atomic mass is 9.87. The molecule has 1 aromatic heterocycles. The molecular formula is C27H28N2O4S. The lowest BCUT2D eigenvalue weighted by Crippen LogP contribution is -2.39. The molecule has 1 atom stereocenters. The molecule has 7 heteroatoms. The van der Waals surface area contributed by atoms with Crippen LogP contribution in [0.2, 0.25) is 0 Å². The van der Waals surface area contributed by atoms with Crippen LogP contribution in [0.4, 0.5) is 0 Å². The Morgan fingerprint density at radius 2 is 1.71 bits per heavy atom. The van der Waals surface area contributed by atoms with Crippen LogP contribution in [-0.2, 0) is 14.9 Å². The number of nitrogens with zero attached hydrogens (tertiary/aromatic N) is 2. The van der Waals surface area contributed by atoms with Crippen molar-refractivity contribution >= 4 is 23.4 Å². The van der Waals surface area contributed by atoms with Crippen LogP contribution in [0.3, 0.4) is 0 Å². The third-order valence-electron chi connectivity index (χ3n) is 5.93. The zero-order chi connectivity index (χ0) is 24.6. The van der Waals surface area contributed by atoms with Gasteiger partial charge in [0.15, 0.2) is 4.80 Å². The van der Waals surface area contributed by atoms with Crippen LogP contribution in [0.25, 0.3) is 6.08 Å². The van der Waals surface area contributed by atoms with Gasteiger partial charge in [0, 0.05) is 0 Å². The summed E-state index contributed by atoms with van der Waals surface area (Å²) in [6.07, 6.45) is 1.87. The second-order valence-electron chi connectivity index (χ2n) is 9.22. The molecule has 0 fully saturated rings. The van der Waals surface area contributed by atoms with Crippen molar-refractivity contribution in [1.29, 1.82) is 0 Å². The molecular weight excluding hydrogens is 448 g/mol. The molecule has 0 unspecified atom stereocenters. The Morgan fingerprint density at radius 1 is 1.06 bits per heavy atom. The van der Waals surface area contributed by atoms with Crippen molar-refractivity contribution in [3.63, 3.8) is 0 Å². The molecule has 4 rings (SSSR count). The van der Waals surface area contributed by atoms with Crippen molar-refractivity contribution < 1.29 is 14.3 Å². The quantitative estimate of drug-likeness (QED) is 0.539. The predicted octanol–water partition coefficient (Wildman–Crippen LogP) is 3.71. The highest BCUT2D eigenvalue weighted by Gasteiger charge is 2.33. The molecule has 1 aliphatic heterocycles. The minimum Gasteiger partial charge on any atom is -0.497 e. The van der Waals surface area contributed by atoms with E-state index in [2.05, 4.69) is 37.9 Å². The number of ether oxygens (including phenoxy) is 2. The van der Waals surface area contributed by atoms with Gasteiger partial charge in [0.25, 0.3) is 5.56 Å².